The highest BCUT2D eigenvalue weighted by atomic mass is 16.1. The minimum atomic E-state index is 0.143. The molecule has 0 radical (unpaired) electrons. The molecule has 1 unspecified atom stereocenters. The molecule has 1 aromatic heterocycles. The van der Waals surface area contributed by atoms with Crippen LogP contribution in [0.25, 0.3) is 0 Å². The van der Waals surface area contributed by atoms with Crippen molar-refractivity contribution in [3.63, 3.8) is 0 Å². The minimum absolute atomic E-state index is 0.143. The van der Waals surface area contributed by atoms with Crippen LogP contribution >= 0.6 is 0 Å². The molecule has 1 atom stereocenters. The molecule has 0 aromatic carbocycles. The number of rotatable bonds is 6. The lowest BCUT2D eigenvalue weighted by atomic mass is 9.98. The van der Waals surface area contributed by atoms with Crippen LogP contribution in [0, 0.1) is 5.92 Å². The molecule has 0 bridgehead atoms. The molecule has 0 saturated heterocycles. The van der Waals surface area contributed by atoms with E-state index in [9.17, 15) is 4.79 Å². The van der Waals surface area contributed by atoms with Crippen molar-refractivity contribution < 1.29 is 4.79 Å². The fraction of sp³-hybridized carbons (Fsp3) is 0.500. The molecule has 0 spiro atoms. The van der Waals surface area contributed by atoms with E-state index in [0.29, 0.717) is 0 Å². The zero-order chi connectivity index (χ0) is 10.2. The molecular formula is C12H17NO. The Morgan fingerprint density at radius 2 is 2.36 bits per heavy atom. The van der Waals surface area contributed by atoms with E-state index >= 15 is 0 Å². The molecule has 0 amide bonds. The molecule has 0 aliphatic carbocycles. The van der Waals surface area contributed by atoms with Crippen molar-refractivity contribution in [1.82, 2.24) is 4.98 Å². The zero-order valence-corrected chi connectivity index (χ0v) is 8.65. The smallest absolute Gasteiger partial charge is 0.123 e. The van der Waals surface area contributed by atoms with E-state index in [2.05, 4.69) is 11.9 Å². The second-order valence-electron chi connectivity index (χ2n) is 3.56. The molecule has 0 fully saturated rings. The Morgan fingerprint density at radius 1 is 1.50 bits per heavy atom. The molecule has 2 heteroatoms. The molecule has 1 aromatic rings. The average molecular weight is 191 g/mol. The number of carbonyl (C=O) groups is 1. The van der Waals surface area contributed by atoms with Crippen LogP contribution in [-0.4, -0.2) is 11.3 Å². The second-order valence-corrected chi connectivity index (χ2v) is 3.56. The van der Waals surface area contributed by atoms with E-state index in [0.717, 1.165) is 37.7 Å². The van der Waals surface area contributed by atoms with Gasteiger partial charge in [0, 0.05) is 17.8 Å². The maximum Gasteiger partial charge on any atom is 0.123 e. The molecular weight excluding hydrogens is 174 g/mol. The van der Waals surface area contributed by atoms with E-state index in [1.54, 1.807) is 6.20 Å². The van der Waals surface area contributed by atoms with E-state index in [-0.39, 0.29) is 5.92 Å². The largest absolute Gasteiger partial charge is 0.303 e. The number of nitrogens with zero attached hydrogens (tertiary/aromatic N) is 1. The summed E-state index contributed by atoms with van der Waals surface area (Å²) in [6.07, 6.45) is 6.87. The lowest BCUT2D eigenvalue weighted by molar-refractivity contribution is -0.111. The molecule has 76 valence electrons. The number of hydrogen-bond acceptors (Lipinski definition) is 2. The third-order valence-electron chi connectivity index (χ3n) is 2.32. The van der Waals surface area contributed by atoms with Crippen LogP contribution in [0.5, 0.6) is 0 Å². The summed E-state index contributed by atoms with van der Waals surface area (Å²) < 4.78 is 0. The Hall–Kier alpha value is -1.18. The van der Waals surface area contributed by atoms with E-state index < -0.39 is 0 Å². The normalized spacial score (nSPS) is 12.4. The second kappa shape index (κ2) is 6.30. The first-order chi connectivity index (χ1) is 6.86. The predicted molar refractivity (Wildman–Crippen MR) is 57.0 cm³/mol. The number of aromatic nitrogens is 1. The van der Waals surface area contributed by atoms with Gasteiger partial charge in [-0.05, 0) is 25.0 Å². The number of hydrogen-bond donors (Lipinski definition) is 0. The fourth-order valence-electron chi connectivity index (χ4n) is 1.47. The Kier molecular flexibility index (Phi) is 4.90. The van der Waals surface area contributed by atoms with Crippen LogP contribution < -0.4 is 0 Å². The molecule has 1 rings (SSSR count). The summed E-state index contributed by atoms with van der Waals surface area (Å²) in [7, 11) is 0. The third-order valence-corrected chi connectivity index (χ3v) is 2.32. The van der Waals surface area contributed by atoms with Crippen LogP contribution in [0.1, 0.15) is 31.9 Å². The predicted octanol–water partition coefficient (Wildman–Crippen LogP) is 2.63. The first-order valence-corrected chi connectivity index (χ1v) is 5.22. The maximum atomic E-state index is 10.8. The van der Waals surface area contributed by atoms with Gasteiger partial charge < -0.3 is 4.79 Å². The summed E-state index contributed by atoms with van der Waals surface area (Å²) in [5.41, 5.74) is 1.01. The third kappa shape index (κ3) is 3.69. The van der Waals surface area contributed by atoms with Crippen molar-refractivity contribution >= 4 is 6.29 Å². The Morgan fingerprint density at radius 3 is 2.93 bits per heavy atom. The van der Waals surface area contributed by atoms with Gasteiger partial charge in [0.25, 0.3) is 0 Å². The topological polar surface area (TPSA) is 30.0 Å². The van der Waals surface area contributed by atoms with Crippen LogP contribution in [0.2, 0.25) is 0 Å². The van der Waals surface area contributed by atoms with Gasteiger partial charge in [0.2, 0.25) is 0 Å². The summed E-state index contributed by atoms with van der Waals surface area (Å²) in [5, 5.41) is 0. The van der Waals surface area contributed by atoms with Crippen LogP contribution in [0.3, 0.4) is 0 Å². The van der Waals surface area contributed by atoms with E-state index in [1.165, 1.54) is 0 Å². The van der Waals surface area contributed by atoms with Crippen molar-refractivity contribution in [2.75, 3.05) is 0 Å². The minimum Gasteiger partial charge on any atom is -0.303 e. The first kappa shape index (κ1) is 10.9. The fourth-order valence-corrected chi connectivity index (χ4v) is 1.47. The van der Waals surface area contributed by atoms with Gasteiger partial charge in [-0.2, -0.15) is 0 Å². The Balaban J connectivity index is 2.44. The van der Waals surface area contributed by atoms with E-state index in [4.69, 9.17) is 0 Å². The van der Waals surface area contributed by atoms with Gasteiger partial charge in [0.1, 0.15) is 6.29 Å². The first-order valence-electron chi connectivity index (χ1n) is 5.22. The Labute approximate surface area is 85.4 Å². The van der Waals surface area contributed by atoms with E-state index in [1.807, 2.05) is 18.2 Å². The van der Waals surface area contributed by atoms with Gasteiger partial charge in [-0.25, -0.2) is 0 Å². The van der Waals surface area contributed by atoms with Gasteiger partial charge in [0.15, 0.2) is 0 Å². The van der Waals surface area contributed by atoms with Gasteiger partial charge in [-0.3, -0.25) is 4.98 Å². The molecule has 1 heterocycles. The van der Waals surface area contributed by atoms with Gasteiger partial charge in [0.05, 0.1) is 0 Å². The summed E-state index contributed by atoms with van der Waals surface area (Å²) in [6.45, 7) is 2.14. The zero-order valence-electron chi connectivity index (χ0n) is 8.65. The maximum absolute atomic E-state index is 10.8. The summed E-state index contributed by atoms with van der Waals surface area (Å²) in [6, 6.07) is 5.83. The van der Waals surface area contributed by atoms with Crippen molar-refractivity contribution in [1.29, 1.82) is 0 Å². The number of unbranched alkanes of at least 4 members (excludes halogenated alkanes) is 1. The molecule has 0 aliphatic heterocycles. The monoisotopic (exact) mass is 191 g/mol. The van der Waals surface area contributed by atoms with Gasteiger partial charge >= 0.3 is 0 Å². The lowest BCUT2D eigenvalue weighted by Crippen LogP contribution is -2.07. The number of pyridine rings is 1. The van der Waals surface area contributed by atoms with Crippen molar-refractivity contribution in [2.45, 2.75) is 32.6 Å². The van der Waals surface area contributed by atoms with Crippen LogP contribution in [0.4, 0.5) is 0 Å². The molecule has 0 saturated carbocycles. The van der Waals surface area contributed by atoms with Gasteiger partial charge in [-0.1, -0.05) is 25.8 Å². The van der Waals surface area contributed by atoms with Crippen molar-refractivity contribution in [3.05, 3.63) is 30.1 Å². The standard InChI is InChI=1S/C12H17NO/c1-2-3-6-11(10-14)9-12-7-4-5-8-13-12/h4-5,7-8,10-11H,2-3,6,9H2,1H3. The van der Waals surface area contributed by atoms with Crippen LogP contribution in [0.15, 0.2) is 24.4 Å². The molecule has 14 heavy (non-hydrogen) atoms. The summed E-state index contributed by atoms with van der Waals surface area (Å²) in [5.74, 6) is 0.143. The summed E-state index contributed by atoms with van der Waals surface area (Å²) in [4.78, 5) is 15.0. The van der Waals surface area contributed by atoms with Crippen molar-refractivity contribution in [3.8, 4) is 0 Å². The molecule has 2 nitrogen and oxygen atoms in total. The highest BCUT2D eigenvalue weighted by molar-refractivity contribution is 5.53. The highest BCUT2D eigenvalue weighted by Gasteiger charge is 2.07. The number of aldehydes is 1. The Bertz CT molecular complexity index is 258. The summed E-state index contributed by atoms with van der Waals surface area (Å²) >= 11 is 0. The SMILES string of the molecule is CCCCC(C=O)Cc1ccccn1. The molecule has 0 aliphatic rings. The average Bonchev–Trinajstić information content (AvgIpc) is 2.25. The van der Waals surface area contributed by atoms with Crippen LogP contribution in [-0.2, 0) is 11.2 Å². The highest BCUT2D eigenvalue weighted by Crippen LogP contribution is 2.11. The molecule has 0 N–H and O–H groups in total. The quantitative estimate of drug-likeness (QED) is 0.647. The van der Waals surface area contributed by atoms with Gasteiger partial charge in [-0.15, -0.1) is 0 Å². The number of carbonyl (C=O) groups excluding carboxylic acids is 1. The lowest BCUT2D eigenvalue weighted by Gasteiger charge is -2.08. The van der Waals surface area contributed by atoms with Crippen molar-refractivity contribution in [2.24, 2.45) is 5.92 Å².